The minimum Gasteiger partial charge on any atom is -0.497 e. The molecule has 4 rings (SSSR count). The number of hydrogen-bond donors (Lipinski definition) is 1. The Hall–Kier alpha value is -2.70. The highest BCUT2D eigenvalue weighted by Crippen LogP contribution is 2.42. The monoisotopic (exact) mass is 436 g/mol. The summed E-state index contributed by atoms with van der Waals surface area (Å²) in [6, 6.07) is 16.5. The topological polar surface area (TPSA) is 70.1 Å². The van der Waals surface area contributed by atoms with Gasteiger partial charge in [0.2, 0.25) is 0 Å². The van der Waals surface area contributed by atoms with E-state index in [0.717, 1.165) is 31.4 Å². The van der Waals surface area contributed by atoms with Gasteiger partial charge in [0, 0.05) is 37.7 Å². The van der Waals surface area contributed by atoms with Gasteiger partial charge < -0.3 is 14.7 Å². The van der Waals surface area contributed by atoms with Crippen LogP contribution in [0.5, 0.6) is 5.75 Å². The molecule has 0 bridgehead atoms. The second-order valence-corrected chi connectivity index (χ2v) is 8.83. The quantitative estimate of drug-likeness (QED) is 0.676. The van der Waals surface area contributed by atoms with Crippen LogP contribution in [0.2, 0.25) is 0 Å². The summed E-state index contributed by atoms with van der Waals surface area (Å²) in [6.07, 6.45) is 3.84. The molecule has 1 amide bonds. The van der Waals surface area contributed by atoms with Gasteiger partial charge in [-0.2, -0.15) is 0 Å². The number of nitrogens with zero attached hydrogens (tertiary/aromatic N) is 2. The third-order valence-corrected chi connectivity index (χ3v) is 6.92. The van der Waals surface area contributed by atoms with Gasteiger partial charge in [-0.3, -0.25) is 14.5 Å². The summed E-state index contributed by atoms with van der Waals surface area (Å²) in [4.78, 5) is 30.1. The third-order valence-electron chi connectivity index (χ3n) is 6.92. The van der Waals surface area contributed by atoms with Crippen LogP contribution in [-0.4, -0.2) is 66.4 Å². The molecule has 1 aliphatic carbocycles. The van der Waals surface area contributed by atoms with E-state index in [2.05, 4.69) is 4.90 Å². The molecular weight excluding hydrogens is 404 g/mol. The van der Waals surface area contributed by atoms with Gasteiger partial charge in [-0.15, -0.1) is 0 Å². The van der Waals surface area contributed by atoms with Crippen molar-refractivity contribution >= 4 is 11.7 Å². The highest BCUT2D eigenvalue weighted by atomic mass is 16.5. The van der Waals surface area contributed by atoms with Crippen LogP contribution < -0.4 is 4.74 Å². The predicted molar refractivity (Wildman–Crippen MR) is 123 cm³/mol. The number of amides is 1. The highest BCUT2D eigenvalue weighted by Gasteiger charge is 2.48. The smallest absolute Gasteiger partial charge is 0.259 e. The Morgan fingerprint density at radius 2 is 1.59 bits per heavy atom. The van der Waals surface area contributed by atoms with Crippen molar-refractivity contribution < 1.29 is 19.4 Å². The fourth-order valence-corrected chi connectivity index (χ4v) is 4.99. The van der Waals surface area contributed by atoms with Crippen molar-refractivity contribution in [2.24, 2.45) is 5.92 Å². The number of carbonyl (C=O) groups is 2. The van der Waals surface area contributed by atoms with E-state index in [1.807, 2.05) is 30.3 Å². The fourth-order valence-electron chi connectivity index (χ4n) is 4.99. The van der Waals surface area contributed by atoms with E-state index >= 15 is 0 Å². The summed E-state index contributed by atoms with van der Waals surface area (Å²) in [5, 5.41) is 11.7. The number of piperazine rings is 1. The summed E-state index contributed by atoms with van der Waals surface area (Å²) in [5.74, 6) is 0.532. The molecule has 2 aromatic rings. The zero-order valence-corrected chi connectivity index (χ0v) is 18.7. The van der Waals surface area contributed by atoms with E-state index in [-0.39, 0.29) is 17.6 Å². The molecule has 2 aliphatic rings. The van der Waals surface area contributed by atoms with Crippen molar-refractivity contribution in [2.75, 3.05) is 39.8 Å². The second kappa shape index (κ2) is 9.84. The Kier molecular flexibility index (Phi) is 6.92. The molecule has 6 nitrogen and oxygen atoms in total. The Morgan fingerprint density at radius 3 is 2.19 bits per heavy atom. The Balaban J connectivity index is 1.40. The summed E-state index contributed by atoms with van der Waals surface area (Å²) in [5.41, 5.74) is -0.128. The molecule has 1 N–H and O–H groups in total. The zero-order valence-electron chi connectivity index (χ0n) is 18.7. The van der Waals surface area contributed by atoms with Crippen molar-refractivity contribution in [2.45, 2.75) is 31.3 Å². The summed E-state index contributed by atoms with van der Waals surface area (Å²) >= 11 is 0. The van der Waals surface area contributed by atoms with Crippen LogP contribution in [0, 0.1) is 5.92 Å². The fraction of sp³-hybridized carbons (Fsp3) is 0.462. The van der Waals surface area contributed by atoms with Crippen LogP contribution in [0.1, 0.15) is 41.6 Å². The SMILES string of the molecule is COc1ccc(C(=O)CN2CCN(C(=O)C(O)(c3ccccc3)C3CCCC3)CC2)cc1. The lowest BCUT2D eigenvalue weighted by Crippen LogP contribution is -2.57. The van der Waals surface area contributed by atoms with Crippen LogP contribution in [0.4, 0.5) is 0 Å². The summed E-state index contributed by atoms with van der Waals surface area (Å²) < 4.78 is 5.15. The normalized spacial score (nSPS) is 19.5. The van der Waals surface area contributed by atoms with E-state index in [4.69, 9.17) is 4.74 Å². The second-order valence-electron chi connectivity index (χ2n) is 8.83. The molecule has 170 valence electrons. The van der Waals surface area contributed by atoms with Crippen LogP contribution in [0.25, 0.3) is 0 Å². The lowest BCUT2D eigenvalue weighted by Gasteiger charge is -2.41. The molecule has 0 aromatic heterocycles. The van der Waals surface area contributed by atoms with Gasteiger partial charge in [0.1, 0.15) is 5.75 Å². The number of ether oxygens (including phenoxy) is 1. The molecular formula is C26H32N2O4. The predicted octanol–water partition coefficient (Wildman–Crippen LogP) is 3.10. The summed E-state index contributed by atoms with van der Waals surface area (Å²) in [7, 11) is 1.60. The minimum absolute atomic E-state index is 0.0490. The zero-order chi connectivity index (χ0) is 22.6. The molecule has 1 unspecified atom stereocenters. The van der Waals surface area contributed by atoms with Crippen LogP contribution in [0.15, 0.2) is 54.6 Å². The Bertz CT molecular complexity index is 917. The lowest BCUT2D eigenvalue weighted by molar-refractivity contribution is -0.161. The highest BCUT2D eigenvalue weighted by molar-refractivity contribution is 5.97. The molecule has 0 spiro atoms. The molecule has 32 heavy (non-hydrogen) atoms. The number of methoxy groups -OCH3 is 1. The van der Waals surface area contributed by atoms with Crippen LogP contribution in [-0.2, 0) is 10.4 Å². The minimum atomic E-state index is -1.47. The molecule has 2 fully saturated rings. The van der Waals surface area contributed by atoms with E-state index in [9.17, 15) is 14.7 Å². The van der Waals surface area contributed by atoms with Crippen LogP contribution in [0.3, 0.4) is 0 Å². The number of rotatable bonds is 7. The number of aliphatic hydroxyl groups is 1. The third kappa shape index (κ3) is 4.57. The molecule has 1 aliphatic heterocycles. The largest absolute Gasteiger partial charge is 0.497 e. The number of ketones is 1. The number of Topliss-reactive ketones (excluding diaryl/α,β-unsaturated/α-hetero) is 1. The van der Waals surface area contributed by atoms with Gasteiger partial charge in [0.25, 0.3) is 5.91 Å². The first kappa shape index (κ1) is 22.5. The summed E-state index contributed by atoms with van der Waals surface area (Å²) in [6.45, 7) is 2.57. The van der Waals surface area contributed by atoms with Gasteiger partial charge in [-0.05, 0) is 42.7 Å². The van der Waals surface area contributed by atoms with Gasteiger partial charge in [-0.25, -0.2) is 0 Å². The van der Waals surface area contributed by atoms with E-state index in [0.29, 0.717) is 43.9 Å². The average Bonchev–Trinajstić information content (AvgIpc) is 3.40. The molecule has 6 heteroatoms. The van der Waals surface area contributed by atoms with Crippen molar-refractivity contribution in [3.8, 4) is 5.75 Å². The maximum atomic E-state index is 13.6. The Labute approximate surface area is 189 Å². The van der Waals surface area contributed by atoms with Crippen molar-refractivity contribution in [3.63, 3.8) is 0 Å². The van der Waals surface area contributed by atoms with Crippen molar-refractivity contribution in [1.29, 1.82) is 0 Å². The molecule has 2 aromatic carbocycles. The number of benzene rings is 2. The first-order valence-corrected chi connectivity index (χ1v) is 11.5. The van der Waals surface area contributed by atoms with Crippen molar-refractivity contribution in [3.05, 3.63) is 65.7 Å². The standard InChI is InChI=1S/C26H32N2O4/c1-32-23-13-11-20(12-14-23)24(29)19-27-15-17-28(18-16-27)25(30)26(31,22-9-5-6-10-22)21-7-3-2-4-8-21/h2-4,7-8,11-14,22,31H,5-6,9-10,15-19H2,1H3. The average molecular weight is 437 g/mol. The molecule has 1 saturated heterocycles. The van der Waals surface area contributed by atoms with Crippen molar-refractivity contribution in [1.82, 2.24) is 9.80 Å². The number of carbonyl (C=O) groups excluding carboxylic acids is 2. The van der Waals surface area contributed by atoms with E-state index < -0.39 is 5.60 Å². The van der Waals surface area contributed by atoms with Crippen LogP contribution >= 0.6 is 0 Å². The van der Waals surface area contributed by atoms with Gasteiger partial charge in [-0.1, -0.05) is 43.2 Å². The molecule has 1 saturated carbocycles. The van der Waals surface area contributed by atoms with Gasteiger partial charge in [0.05, 0.1) is 13.7 Å². The molecule has 0 radical (unpaired) electrons. The molecule has 1 atom stereocenters. The maximum absolute atomic E-state index is 13.6. The first-order chi connectivity index (χ1) is 15.5. The van der Waals surface area contributed by atoms with Gasteiger partial charge in [0.15, 0.2) is 11.4 Å². The number of hydrogen-bond acceptors (Lipinski definition) is 5. The van der Waals surface area contributed by atoms with E-state index in [1.165, 1.54) is 0 Å². The maximum Gasteiger partial charge on any atom is 0.259 e. The lowest BCUT2D eigenvalue weighted by atomic mass is 9.79. The van der Waals surface area contributed by atoms with E-state index in [1.54, 1.807) is 36.3 Å². The molecule has 1 heterocycles. The van der Waals surface area contributed by atoms with Gasteiger partial charge >= 0.3 is 0 Å². The Morgan fingerprint density at radius 1 is 0.969 bits per heavy atom. The first-order valence-electron chi connectivity index (χ1n) is 11.5.